The molecule has 1 saturated heterocycles. The third-order valence-electron chi connectivity index (χ3n) is 11.1. The van der Waals surface area contributed by atoms with E-state index in [0.29, 0.717) is 31.0 Å². The number of methoxy groups -OCH3 is 1. The van der Waals surface area contributed by atoms with Crippen molar-refractivity contribution in [2.75, 3.05) is 27.0 Å². The molecule has 2 aliphatic heterocycles. The standard InChI is InChI=1S/C38H37NO6/c1-22(18-23-14-15-29-30(19-23)45-21-44-29)31-32(36(41)39-16-8-3-9-17-39)35(40)38(34(31)37(42)43-2)20-28-24-10-4-6-12-26(24)33(38)27-13-7-5-11-25(27)28/h4-7,10-15,18-19,28,31-34H,3,8-9,16-17,20-21H2,1-2H3/b22-18+/t28?,31-,32-,33?,34+,38?/m1/s1. The number of hydrogen-bond acceptors (Lipinski definition) is 6. The van der Waals surface area contributed by atoms with Crippen LogP contribution in [0.1, 0.15) is 72.3 Å². The molecule has 230 valence electrons. The molecule has 2 heterocycles. The van der Waals surface area contributed by atoms with Crippen molar-refractivity contribution in [3.05, 3.63) is 100 Å². The highest BCUT2D eigenvalue weighted by molar-refractivity contribution is 6.10. The number of carbonyl (C=O) groups excluding carboxylic acids is 3. The average Bonchev–Trinajstić information content (AvgIpc) is 3.65. The lowest BCUT2D eigenvalue weighted by molar-refractivity contribution is -0.154. The van der Waals surface area contributed by atoms with Gasteiger partial charge in [0.15, 0.2) is 17.3 Å². The van der Waals surface area contributed by atoms with Crippen molar-refractivity contribution in [1.29, 1.82) is 0 Å². The van der Waals surface area contributed by atoms with Crippen molar-refractivity contribution < 1.29 is 28.6 Å². The Bertz CT molecular complexity index is 1710. The highest BCUT2D eigenvalue weighted by Gasteiger charge is 2.71. The Labute approximate surface area is 263 Å². The zero-order chi connectivity index (χ0) is 30.9. The third kappa shape index (κ3) is 4.05. The van der Waals surface area contributed by atoms with Crippen LogP contribution in [0.4, 0.5) is 0 Å². The largest absolute Gasteiger partial charge is 0.469 e. The molecule has 0 radical (unpaired) electrons. The van der Waals surface area contributed by atoms with E-state index in [-0.39, 0.29) is 30.3 Å². The number of carbonyl (C=O) groups is 3. The van der Waals surface area contributed by atoms with Crippen LogP contribution in [0.15, 0.2) is 72.3 Å². The fraction of sp³-hybridized carbons (Fsp3) is 0.395. The second-order valence-corrected chi connectivity index (χ2v) is 13.2. The smallest absolute Gasteiger partial charge is 0.310 e. The molecular formula is C38H37NO6. The average molecular weight is 604 g/mol. The molecule has 3 aromatic rings. The van der Waals surface area contributed by atoms with Gasteiger partial charge in [0.1, 0.15) is 5.92 Å². The number of nitrogens with zero attached hydrogens (tertiary/aromatic N) is 1. The van der Waals surface area contributed by atoms with Crippen molar-refractivity contribution in [2.45, 2.75) is 44.4 Å². The predicted molar refractivity (Wildman–Crippen MR) is 168 cm³/mol. The molecule has 7 nitrogen and oxygen atoms in total. The van der Waals surface area contributed by atoms with Gasteiger partial charge in [-0.15, -0.1) is 0 Å². The molecule has 1 spiro atoms. The highest BCUT2D eigenvalue weighted by atomic mass is 16.7. The summed E-state index contributed by atoms with van der Waals surface area (Å²) >= 11 is 0. The van der Waals surface area contributed by atoms with Crippen LogP contribution in [0.5, 0.6) is 11.5 Å². The van der Waals surface area contributed by atoms with Crippen LogP contribution in [0.2, 0.25) is 0 Å². The number of esters is 1. The molecule has 6 aliphatic rings. The topological polar surface area (TPSA) is 82.1 Å². The summed E-state index contributed by atoms with van der Waals surface area (Å²) in [5.41, 5.74) is 5.13. The molecule has 4 aliphatic carbocycles. The third-order valence-corrected chi connectivity index (χ3v) is 11.1. The number of ketones is 1. The molecule has 0 N–H and O–H groups in total. The molecular weight excluding hydrogens is 566 g/mol. The zero-order valence-corrected chi connectivity index (χ0v) is 25.7. The fourth-order valence-electron chi connectivity index (χ4n) is 9.36. The van der Waals surface area contributed by atoms with E-state index in [4.69, 9.17) is 14.2 Å². The maximum Gasteiger partial charge on any atom is 0.310 e. The van der Waals surface area contributed by atoms with Crippen molar-refractivity contribution >= 4 is 23.7 Å². The van der Waals surface area contributed by atoms with Gasteiger partial charge in [-0.25, -0.2) is 0 Å². The lowest BCUT2D eigenvalue weighted by atomic mass is 9.48. The summed E-state index contributed by atoms with van der Waals surface area (Å²) in [5, 5.41) is 0. The van der Waals surface area contributed by atoms with Gasteiger partial charge in [0.2, 0.25) is 12.7 Å². The van der Waals surface area contributed by atoms with Crippen molar-refractivity contribution in [3.8, 4) is 11.5 Å². The summed E-state index contributed by atoms with van der Waals surface area (Å²) < 4.78 is 16.7. The quantitative estimate of drug-likeness (QED) is 0.265. The minimum Gasteiger partial charge on any atom is -0.469 e. The fourth-order valence-corrected chi connectivity index (χ4v) is 9.36. The van der Waals surface area contributed by atoms with E-state index in [1.54, 1.807) is 0 Å². The number of rotatable bonds is 4. The first kappa shape index (κ1) is 28.1. The van der Waals surface area contributed by atoms with E-state index in [9.17, 15) is 9.59 Å². The normalized spacial score (nSPS) is 29.5. The number of amides is 1. The summed E-state index contributed by atoms with van der Waals surface area (Å²) in [5.74, 6) is -2.23. The zero-order valence-electron chi connectivity index (χ0n) is 25.7. The number of allylic oxidation sites excluding steroid dienone is 1. The first-order valence-corrected chi connectivity index (χ1v) is 16.1. The molecule has 3 aromatic carbocycles. The van der Waals surface area contributed by atoms with Crippen LogP contribution in [0.25, 0.3) is 6.08 Å². The monoisotopic (exact) mass is 603 g/mol. The second-order valence-electron chi connectivity index (χ2n) is 13.2. The summed E-state index contributed by atoms with van der Waals surface area (Å²) in [6.07, 6.45) is 5.37. The van der Waals surface area contributed by atoms with Crippen molar-refractivity contribution in [1.82, 2.24) is 4.90 Å². The molecule has 4 atom stereocenters. The Hall–Kier alpha value is -4.39. The summed E-state index contributed by atoms with van der Waals surface area (Å²) in [6.45, 7) is 3.39. The van der Waals surface area contributed by atoms with Crippen LogP contribution in [-0.2, 0) is 19.1 Å². The predicted octanol–water partition coefficient (Wildman–Crippen LogP) is 6.10. The van der Waals surface area contributed by atoms with Crippen LogP contribution >= 0.6 is 0 Å². The van der Waals surface area contributed by atoms with Crippen LogP contribution in [0, 0.1) is 23.2 Å². The van der Waals surface area contributed by atoms with Gasteiger partial charge in [0.05, 0.1) is 18.4 Å². The molecule has 2 bridgehead atoms. The number of Topliss-reactive ketones (excluding diaryl/α,β-unsaturated/α-hetero) is 1. The highest BCUT2D eigenvalue weighted by Crippen LogP contribution is 2.69. The van der Waals surface area contributed by atoms with Crippen LogP contribution < -0.4 is 9.47 Å². The molecule has 7 heteroatoms. The van der Waals surface area contributed by atoms with Gasteiger partial charge in [-0.3, -0.25) is 14.4 Å². The number of piperidine rings is 1. The number of likely N-dealkylation sites (tertiary alicyclic amines) is 1. The van der Waals surface area contributed by atoms with E-state index in [1.807, 2.05) is 60.4 Å². The Morgan fingerprint density at radius 2 is 1.53 bits per heavy atom. The Morgan fingerprint density at radius 1 is 0.889 bits per heavy atom. The maximum absolute atomic E-state index is 15.4. The summed E-state index contributed by atoms with van der Waals surface area (Å²) in [6, 6.07) is 22.4. The molecule has 9 rings (SSSR count). The van der Waals surface area contributed by atoms with Crippen molar-refractivity contribution in [3.63, 3.8) is 0 Å². The van der Waals surface area contributed by atoms with E-state index >= 15 is 4.79 Å². The Morgan fingerprint density at radius 3 is 2.20 bits per heavy atom. The number of benzene rings is 3. The molecule has 45 heavy (non-hydrogen) atoms. The van der Waals surface area contributed by atoms with Crippen LogP contribution in [0.3, 0.4) is 0 Å². The van der Waals surface area contributed by atoms with E-state index in [0.717, 1.165) is 41.5 Å². The minimum atomic E-state index is -1.12. The Kier molecular flexibility index (Phi) is 6.63. The van der Waals surface area contributed by atoms with Gasteiger partial charge in [0.25, 0.3) is 0 Å². The van der Waals surface area contributed by atoms with Gasteiger partial charge in [0, 0.05) is 30.8 Å². The summed E-state index contributed by atoms with van der Waals surface area (Å²) in [4.78, 5) is 46.1. The number of hydrogen-bond donors (Lipinski definition) is 0. The molecule has 1 saturated carbocycles. The van der Waals surface area contributed by atoms with Crippen LogP contribution in [-0.4, -0.2) is 49.6 Å². The van der Waals surface area contributed by atoms with Gasteiger partial charge < -0.3 is 19.1 Å². The summed E-state index contributed by atoms with van der Waals surface area (Å²) in [7, 11) is 1.40. The molecule has 2 fully saturated rings. The van der Waals surface area contributed by atoms with Gasteiger partial charge in [-0.2, -0.15) is 0 Å². The first-order valence-electron chi connectivity index (χ1n) is 16.1. The SMILES string of the molecule is COC(=O)[C@@H]1[C@H](/C(C)=C/c2ccc3c(c2)OCO3)[C@@H](C(=O)N2CCCCC2)C(=O)C12CC1c3ccccc3C2c2ccccc21. The van der Waals surface area contributed by atoms with Gasteiger partial charge in [-0.1, -0.05) is 66.2 Å². The second kappa shape index (κ2) is 10.6. The lowest BCUT2D eigenvalue weighted by Gasteiger charge is -2.53. The molecule has 1 unspecified atom stereocenters. The Balaban J connectivity index is 1.33. The van der Waals surface area contributed by atoms with E-state index < -0.39 is 29.1 Å². The number of fused-ring (bicyclic) bond motifs is 1. The van der Waals surface area contributed by atoms with Gasteiger partial charge in [-0.05, 0) is 72.6 Å². The number of ether oxygens (including phenoxy) is 3. The van der Waals surface area contributed by atoms with Gasteiger partial charge >= 0.3 is 5.97 Å². The molecule has 0 aromatic heterocycles. The maximum atomic E-state index is 15.4. The molecule has 1 amide bonds. The lowest BCUT2D eigenvalue weighted by Crippen LogP contribution is -2.51. The van der Waals surface area contributed by atoms with Crippen molar-refractivity contribution in [2.24, 2.45) is 23.2 Å². The minimum absolute atomic E-state index is 0.0545. The van der Waals surface area contributed by atoms with E-state index in [2.05, 4.69) is 24.3 Å². The van der Waals surface area contributed by atoms with E-state index in [1.165, 1.54) is 18.2 Å². The first-order chi connectivity index (χ1) is 21.9.